The van der Waals surface area contributed by atoms with Gasteiger partial charge in [-0.2, -0.15) is 0 Å². The van der Waals surface area contributed by atoms with Crippen LogP contribution < -0.4 is 16.7 Å². The van der Waals surface area contributed by atoms with Gasteiger partial charge >= 0.3 is 11.7 Å². The zero-order chi connectivity index (χ0) is 32.4. The average molecular weight is 647 g/mol. The molecule has 11 nitrogen and oxygen atoms in total. The van der Waals surface area contributed by atoms with Gasteiger partial charge < -0.3 is 30.7 Å². The number of hydrogen-bond donors (Lipinski definition) is 3. The van der Waals surface area contributed by atoms with Crippen LogP contribution in [0.4, 0.5) is 10.5 Å². The fourth-order valence-corrected chi connectivity index (χ4v) is 7.48. The number of imidazole rings is 1. The van der Waals surface area contributed by atoms with Crippen molar-refractivity contribution in [1.29, 1.82) is 0 Å². The molecule has 3 saturated heterocycles. The Balaban J connectivity index is 1.14. The van der Waals surface area contributed by atoms with E-state index < -0.39 is 6.04 Å². The first kappa shape index (κ1) is 32.0. The van der Waals surface area contributed by atoms with E-state index in [4.69, 9.17) is 23.8 Å². The molecule has 3 amide bonds. The number of aromatic amines is 1. The molecular weight excluding hydrogens is 604 g/mol. The first-order chi connectivity index (χ1) is 22.2. The van der Waals surface area contributed by atoms with Gasteiger partial charge in [-0.3, -0.25) is 14.3 Å². The largest absolute Gasteiger partial charge is 0.397 e. The van der Waals surface area contributed by atoms with Crippen LogP contribution in [0.3, 0.4) is 0 Å². The lowest BCUT2D eigenvalue weighted by Crippen LogP contribution is -2.59. The summed E-state index contributed by atoms with van der Waals surface area (Å²) in [6.45, 7) is 5.98. The zero-order valence-electron chi connectivity index (χ0n) is 26.4. The summed E-state index contributed by atoms with van der Waals surface area (Å²) < 4.78 is 1.80. The average Bonchev–Trinajstić information content (AvgIpc) is 3.41. The highest BCUT2D eigenvalue weighted by Gasteiger charge is 2.34. The molecule has 3 aromatic rings. The summed E-state index contributed by atoms with van der Waals surface area (Å²) in [5, 5.41) is 3.37. The van der Waals surface area contributed by atoms with Gasteiger partial charge in [-0.05, 0) is 75.6 Å². The Morgan fingerprint density at radius 2 is 1.67 bits per heavy atom. The number of anilines is 1. The number of benzene rings is 2. The molecule has 3 aliphatic rings. The number of rotatable bonds is 6. The minimum Gasteiger partial charge on any atom is -0.397 e. The summed E-state index contributed by atoms with van der Waals surface area (Å²) in [6, 6.07) is 10.5. The fraction of sp³-hybridized carbons (Fsp3) is 0.500. The lowest BCUT2D eigenvalue weighted by Gasteiger charge is -2.43. The molecule has 0 radical (unpaired) electrons. The van der Waals surface area contributed by atoms with E-state index in [1.54, 1.807) is 21.6 Å². The van der Waals surface area contributed by atoms with Crippen molar-refractivity contribution in [3.8, 4) is 12.3 Å². The van der Waals surface area contributed by atoms with E-state index in [1.165, 1.54) is 0 Å². The Morgan fingerprint density at radius 1 is 1.00 bits per heavy atom. The molecule has 46 heavy (non-hydrogen) atoms. The minimum atomic E-state index is -0.804. The standard InChI is InChI=1S/C34H43ClN8O3/c1-3-24-20-23(21-27(35)31(24)36)22-29(32(44)41-18-16-40(17-19-41)25-8-12-39(2)13-9-25)38-33(45)42-14-10-26(11-15-42)43-30-7-5-4-6-28(30)37-34(43)46/h1,4-7,20-21,25-26,29H,8-19,22,36H2,2H3,(H,37,46)(H,38,45)/t29-/m1/s1. The van der Waals surface area contributed by atoms with Crippen molar-refractivity contribution in [2.24, 2.45) is 0 Å². The van der Waals surface area contributed by atoms with E-state index in [2.05, 4.69) is 33.1 Å². The number of H-pyrrole nitrogens is 1. The van der Waals surface area contributed by atoms with Gasteiger partial charge in [0.25, 0.3) is 0 Å². The van der Waals surface area contributed by atoms with Gasteiger partial charge in [0, 0.05) is 63.3 Å². The molecule has 0 unspecified atom stereocenters. The Bertz CT molecular complexity index is 1670. The number of halogens is 1. The van der Waals surface area contributed by atoms with E-state index in [0.717, 1.165) is 55.6 Å². The Kier molecular flexibility index (Phi) is 9.59. The van der Waals surface area contributed by atoms with Crippen LogP contribution in [0.1, 0.15) is 42.9 Å². The molecule has 3 aliphatic heterocycles. The molecule has 4 heterocycles. The first-order valence-corrected chi connectivity index (χ1v) is 16.6. The molecular formula is C34H43ClN8O3. The monoisotopic (exact) mass is 646 g/mol. The van der Waals surface area contributed by atoms with Gasteiger partial charge in [0.05, 0.1) is 21.7 Å². The normalized spacial score (nSPS) is 19.7. The van der Waals surface area contributed by atoms with Gasteiger partial charge in [0.15, 0.2) is 0 Å². The van der Waals surface area contributed by atoms with Crippen LogP contribution in [-0.4, -0.2) is 113 Å². The summed E-state index contributed by atoms with van der Waals surface area (Å²) in [5.41, 5.74) is 9.10. The highest BCUT2D eigenvalue weighted by atomic mass is 35.5. The number of terminal acetylenes is 1. The number of nitrogens with one attached hydrogen (secondary N) is 2. The van der Waals surface area contributed by atoms with E-state index >= 15 is 0 Å². The molecule has 0 aliphatic carbocycles. The van der Waals surface area contributed by atoms with Crippen LogP contribution >= 0.6 is 11.6 Å². The predicted octanol–water partition coefficient (Wildman–Crippen LogP) is 2.74. The molecule has 0 spiro atoms. The summed E-state index contributed by atoms with van der Waals surface area (Å²) in [7, 11) is 2.16. The Labute approximate surface area is 274 Å². The lowest BCUT2D eigenvalue weighted by atomic mass is 10.00. The number of likely N-dealkylation sites (tertiary alicyclic amines) is 2. The summed E-state index contributed by atoms with van der Waals surface area (Å²) >= 11 is 6.39. The van der Waals surface area contributed by atoms with Crippen LogP contribution in [0.25, 0.3) is 11.0 Å². The number of amides is 3. The molecule has 1 aromatic heterocycles. The molecule has 12 heteroatoms. The summed E-state index contributed by atoms with van der Waals surface area (Å²) in [5.74, 6) is 2.45. The molecule has 3 fully saturated rings. The highest BCUT2D eigenvalue weighted by Crippen LogP contribution is 2.27. The number of nitrogens with two attached hydrogens (primary N) is 1. The second-order valence-corrected chi connectivity index (χ2v) is 13.2. The second-order valence-electron chi connectivity index (χ2n) is 12.8. The number of carbonyl (C=O) groups excluding carboxylic acids is 2. The maximum Gasteiger partial charge on any atom is 0.326 e. The maximum absolute atomic E-state index is 14.1. The third kappa shape index (κ3) is 6.75. The minimum absolute atomic E-state index is 0.0231. The van der Waals surface area contributed by atoms with E-state index in [9.17, 15) is 14.4 Å². The fourth-order valence-electron chi connectivity index (χ4n) is 7.24. The van der Waals surface area contributed by atoms with E-state index in [-0.39, 0.29) is 30.1 Å². The number of fused-ring (bicyclic) bond motifs is 1. The van der Waals surface area contributed by atoms with Crippen molar-refractivity contribution in [3.63, 3.8) is 0 Å². The smallest absolute Gasteiger partial charge is 0.326 e. The molecule has 6 rings (SSSR count). The van der Waals surface area contributed by atoms with Gasteiger partial charge in [-0.15, -0.1) is 6.42 Å². The summed E-state index contributed by atoms with van der Waals surface area (Å²) in [6.07, 6.45) is 9.45. The van der Waals surface area contributed by atoms with E-state index in [1.807, 2.05) is 29.2 Å². The Hall–Kier alpha value is -3.98. The van der Waals surface area contributed by atoms with Crippen LogP contribution in [-0.2, 0) is 11.2 Å². The zero-order valence-corrected chi connectivity index (χ0v) is 27.1. The van der Waals surface area contributed by atoms with Crippen molar-refractivity contribution < 1.29 is 9.59 Å². The van der Waals surface area contributed by atoms with E-state index in [0.29, 0.717) is 61.3 Å². The third-order valence-corrected chi connectivity index (χ3v) is 10.3. The molecule has 2 aromatic carbocycles. The third-order valence-electron chi connectivity index (χ3n) is 9.95. The first-order valence-electron chi connectivity index (χ1n) is 16.2. The number of carbonyl (C=O) groups is 2. The van der Waals surface area contributed by atoms with Crippen LogP contribution in [0.2, 0.25) is 5.02 Å². The molecule has 244 valence electrons. The quantitative estimate of drug-likeness (QED) is 0.280. The van der Waals surface area contributed by atoms with Crippen LogP contribution in [0.15, 0.2) is 41.2 Å². The number of para-hydroxylation sites is 2. The topological polar surface area (TPSA) is 123 Å². The second kappa shape index (κ2) is 13.8. The number of urea groups is 1. The number of aromatic nitrogens is 2. The summed E-state index contributed by atoms with van der Waals surface area (Å²) in [4.78, 5) is 51.9. The van der Waals surface area contributed by atoms with Crippen LogP contribution in [0, 0.1) is 12.3 Å². The highest BCUT2D eigenvalue weighted by molar-refractivity contribution is 6.33. The number of hydrogen-bond acceptors (Lipinski definition) is 6. The SMILES string of the molecule is C#Cc1cc(C[C@@H](NC(=O)N2CCC(n3c(=O)[nH]c4ccccc43)CC2)C(=O)N2CCN(C3CCN(C)CC3)CC2)cc(Cl)c1N. The van der Waals surface area contributed by atoms with Crippen molar-refractivity contribution in [2.75, 3.05) is 65.1 Å². The van der Waals surface area contributed by atoms with Crippen molar-refractivity contribution in [3.05, 3.63) is 63.0 Å². The van der Waals surface area contributed by atoms with Gasteiger partial charge in [-0.25, -0.2) is 9.59 Å². The predicted molar refractivity (Wildman–Crippen MR) is 181 cm³/mol. The van der Waals surface area contributed by atoms with Gasteiger partial charge in [-0.1, -0.05) is 29.7 Å². The Morgan fingerprint density at radius 3 is 2.37 bits per heavy atom. The number of nitrogen functional groups attached to an aromatic ring is 1. The lowest BCUT2D eigenvalue weighted by molar-refractivity contribution is -0.135. The maximum atomic E-state index is 14.1. The van der Waals surface area contributed by atoms with Gasteiger partial charge in [0.2, 0.25) is 5.91 Å². The van der Waals surface area contributed by atoms with Gasteiger partial charge in [0.1, 0.15) is 6.04 Å². The molecule has 4 N–H and O–H groups in total. The molecule has 0 saturated carbocycles. The molecule has 0 bridgehead atoms. The van der Waals surface area contributed by atoms with Crippen molar-refractivity contribution >= 4 is 40.3 Å². The van der Waals surface area contributed by atoms with Crippen LogP contribution in [0.5, 0.6) is 0 Å². The van der Waals surface area contributed by atoms with Crippen molar-refractivity contribution in [1.82, 2.24) is 34.5 Å². The number of nitrogens with zero attached hydrogens (tertiary/aromatic N) is 5. The number of piperazine rings is 1. The molecule has 1 atom stereocenters. The number of piperidine rings is 2. The van der Waals surface area contributed by atoms with Crippen molar-refractivity contribution in [2.45, 2.75) is 50.2 Å².